The summed E-state index contributed by atoms with van der Waals surface area (Å²) in [7, 11) is 0. The van der Waals surface area contributed by atoms with Gasteiger partial charge in [-0.15, -0.1) is 0 Å². The van der Waals surface area contributed by atoms with Crippen LogP contribution in [0.5, 0.6) is 5.75 Å². The van der Waals surface area contributed by atoms with Gasteiger partial charge in [0.15, 0.2) is 29.7 Å². The van der Waals surface area contributed by atoms with E-state index in [0.717, 1.165) is 0 Å². The molecule has 4 rings (SSSR count). The van der Waals surface area contributed by atoms with Gasteiger partial charge >= 0.3 is 0 Å². The summed E-state index contributed by atoms with van der Waals surface area (Å²) in [5.74, 6) is -0.212. The third-order valence-electron chi connectivity index (χ3n) is 4.40. The molecule has 1 aromatic heterocycles. The number of ether oxygens (including phenoxy) is 1. The largest absolute Gasteiger partial charge is 0.502 e. The van der Waals surface area contributed by atoms with Crippen molar-refractivity contribution in [2.24, 2.45) is 0 Å². The van der Waals surface area contributed by atoms with E-state index in [2.05, 4.69) is 10.6 Å². The normalized spacial score (nSPS) is 13.4. The van der Waals surface area contributed by atoms with Crippen molar-refractivity contribution in [3.8, 4) is 5.75 Å². The van der Waals surface area contributed by atoms with Gasteiger partial charge in [0.1, 0.15) is 11.6 Å². The number of thiocarbonyl (C=S) groups is 1. The predicted molar refractivity (Wildman–Crippen MR) is 116 cm³/mol. The minimum absolute atomic E-state index is 0.0506. The highest BCUT2D eigenvalue weighted by molar-refractivity contribution is 7.81. The molecule has 0 unspecified atom stereocenters. The number of aliphatic hydroxyl groups is 1. The van der Waals surface area contributed by atoms with E-state index in [4.69, 9.17) is 17.0 Å². The maximum Gasteiger partial charge on any atom is 0.288 e. The molecule has 3 aromatic rings. The fraction of sp³-hybridized carbons (Fsp3) is 0.0455. The SMILES string of the molecule is O=C1COc2ccc(/C(O)=C(\C(=S)Nc3ccc(F)cc3)[n+]3ccccc3)cc2N1. The maximum absolute atomic E-state index is 13.2. The van der Waals surface area contributed by atoms with Crippen LogP contribution in [0.1, 0.15) is 5.56 Å². The number of hydrogen-bond acceptors (Lipinski definition) is 4. The summed E-state index contributed by atoms with van der Waals surface area (Å²) in [4.78, 5) is 11.9. The molecular weight excluding hydrogens is 405 g/mol. The molecule has 8 heteroatoms. The number of nitrogens with one attached hydrogen (secondary N) is 2. The van der Waals surface area contributed by atoms with Gasteiger partial charge in [0.2, 0.25) is 0 Å². The number of aliphatic hydroxyl groups excluding tert-OH is 1. The van der Waals surface area contributed by atoms with Crippen molar-refractivity contribution < 1.29 is 23.6 Å². The second kappa shape index (κ2) is 8.30. The van der Waals surface area contributed by atoms with Crippen molar-refractivity contribution in [1.82, 2.24) is 0 Å². The first-order valence-electron chi connectivity index (χ1n) is 9.05. The van der Waals surface area contributed by atoms with Gasteiger partial charge in [-0.25, -0.2) is 4.39 Å². The van der Waals surface area contributed by atoms with E-state index in [1.54, 1.807) is 59.4 Å². The molecule has 0 spiro atoms. The van der Waals surface area contributed by atoms with E-state index < -0.39 is 0 Å². The van der Waals surface area contributed by atoms with Crippen molar-refractivity contribution in [1.29, 1.82) is 0 Å². The van der Waals surface area contributed by atoms with Crippen LogP contribution in [0.4, 0.5) is 15.8 Å². The Morgan fingerprint density at radius 2 is 1.87 bits per heavy atom. The quantitative estimate of drug-likeness (QED) is 0.258. The number of aromatic nitrogens is 1. The molecule has 2 aromatic carbocycles. The second-order valence-corrected chi connectivity index (χ2v) is 6.90. The first-order chi connectivity index (χ1) is 14.5. The van der Waals surface area contributed by atoms with Gasteiger partial charge in [-0.1, -0.05) is 18.3 Å². The molecule has 1 aliphatic rings. The number of benzene rings is 2. The molecular formula is C22H17FN3O3S+. The number of halogens is 1. The second-order valence-electron chi connectivity index (χ2n) is 6.49. The molecule has 3 N–H and O–H groups in total. The van der Waals surface area contributed by atoms with Crippen molar-refractivity contribution in [2.75, 3.05) is 17.2 Å². The summed E-state index contributed by atoms with van der Waals surface area (Å²) in [5, 5.41) is 16.9. The Hall–Kier alpha value is -3.78. The van der Waals surface area contributed by atoms with Crippen LogP contribution in [-0.4, -0.2) is 22.6 Å². The molecule has 0 fully saturated rings. The lowest BCUT2D eigenvalue weighted by Crippen LogP contribution is -2.38. The molecule has 0 radical (unpaired) electrons. The van der Waals surface area contributed by atoms with Crippen molar-refractivity contribution in [2.45, 2.75) is 0 Å². The van der Waals surface area contributed by atoms with Crippen molar-refractivity contribution >= 4 is 45.9 Å². The fourth-order valence-corrected chi connectivity index (χ4v) is 3.31. The number of fused-ring (bicyclic) bond motifs is 1. The first-order valence-corrected chi connectivity index (χ1v) is 9.46. The Kier molecular flexibility index (Phi) is 5.40. The number of carbonyl (C=O) groups excluding carboxylic acids is 1. The lowest BCUT2D eigenvalue weighted by atomic mass is 10.1. The maximum atomic E-state index is 13.2. The summed E-state index contributed by atoms with van der Waals surface area (Å²) >= 11 is 5.55. The van der Waals surface area contributed by atoms with Gasteiger partial charge in [-0.2, -0.15) is 4.57 Å². The Morgan fingerprint density at radius 1 is 1.13 bits per heavy atom. The minimum atomic E-state index is -0.360. The van der Waals surface area contributed by atoms with Crippen LogP contribution in [0.2, 0.25) is 0 Å². The number of carbonyl (C=O) groups is 1. The molecule has 0 saturated heterocycles. The average molecular weight is 422 g/mol. The van der Waals surface area contributed by atoms with Crippen LogP contribution in [0, 0.1) is 5.82 Å². The molecule has 0 aliphatic carbocycles. The van der Waals surface area contributed by atoms with Gasteiger partial charge in [0.05, 0.1) is 5.69 Å². The third kappa shape index (κ3) is 4.13. The van der Waals surface area contributed by atoms with Crippen LogP contribution >= 0.6 is 12.2 Å². The van der Waals surface area contributed by atoms with Gasteiger partial charge in [0.25, 0.3) is 11.6 Å². The Morgan fingerprint density at radius 3 is 2.60 bits per heavy atom. The molecule has 1 amide bonds. The van der Waals surface area contributed by atoms with Crippen LogP contribution in [-0.2, 0) is 4.79 Å². The molecule has 6 nitrogen and oxygen atoms in total. The standard InChI is InChI=1S/C22H16FN3O3S/c23-15-5-7-16(8-6-15)24-22(30)20(26-10-2-1-3-11-26)21(28)14-4-9-18-17(12-14)25-19(27)13-29-18/h1-12H,13H2,(H2-,24,25,27,28,30)/p+1. The highest BCUT2D eigenvalue weighted by Crippen LogP contribution is 2.31. The fourth-order valence-electron chi connectivity index (χ4n) is 2.99. The molecule has 0 saturated carbocycles. The smallest absolute Gasteiger partial charge is 0.288 e. The highest BCUT2D eigenvalue weighted by Gasteiger charge is 2.25. The van der Waals surface area contributed by atoms with E-state index >= 15 is 0 Å². The number of rotatable bonds is 4. The Labute approximate surface area is 177 Å². The number of nitrogens with zero attached hydrogens (tertiary/aromatic N) is 1. The van der Waals surface area contributed by atoms with Gasteiger partial charge in [0, 0.05) is 23.4 Å². The van der Waals surface area contributed by atoms with E-state index in [-0.39, 0.29) is 29.1 Å². The highest BCUT2D eigenvalue weighted by atomic mass is 32.1. The lowest BCUT2D eigenvalue weighted by molar-refractivity contribution is -0.575. The number of hydrogen-bond donors (Lipinski definition) is 3. The minimum Gasteiger partial charge on any atom is -0.502 e. The first kappa shape index (κ1) is 19.5. The topological polar surface area (TPSA) is 74.5 Å². The van der Waals surface area contributed by atoms with E-state index in [9.17, 15) is 14.3 Å². The van der Waals surface area contributed by atoms with Crippen LogP contribution in [0.3, 0.4) is 0 Å². The van der Waals surface area contributed by atoms with Crippen molar-refractivity contribution in [3.63, 3.8) is 0 Å². The zero-order valence-corrected chi connectivity index (χ0v) is 16.4. The summed E-state index contributed by atoms with van der Waals surface area (Å²) in [6.45, 7) is -0.0506. The number of pyridine rings is 1. The molecule has 2 heterocycles. The molecule has 150 valence electrons. The zero-order valence-electron chi connectivity index (χ0n) is 15.6. The number of amides is 1. The monoisotopic (exact) mass is 422 g/mol. The summed E-state index contributed by atoms with van der Waals surface area (Å²) < 4.78 is 20.2. The van der Waals surface area contributed by atoms with E-state index in [1.165, 1.54) is 12.1 Å². The van der Waals surface area contributed by atoms with Gasteiger partial charge < -0.3 is 20.5 Å². The third-order valence-corrected chi connectivity index (χ3v) is 4.70. The summed E-state index contributed by atoms with van der Waals surface area (Å²) in [6, 6.07) is 16.1. The molecule has 0 atom stereocenters. The lowest BCUT2D eigenvalue weighted by Gasteiger charge is -2.18. The molecule has 1 aliphatic heterocycles. The molecule has 0 bridgehead atoms. The van der Waals surface area contributed by atoms with Crippen LogP contribution < -0.4 is 19.9 Å². The summed E-state index contributed by atoms with van der Waals surface area (Å²) in [6.07, 6.45) is 3.49. The Bertz CT molecular complexity index is 1150. The van der Waals surface area contributed by atoms with Crippen molar-refractivity contribution in [3.05, 3.63) is 84.4 Å². The average Bonchev–Trinajstić information content (AvgIpc) is 2.75. The molecule has 30 heavy (non-hydrogen) atoms. The zero-order chi connectivity index (χ0) is 21.1. The van der Waals surface area contributed by atoms with Crippen LogP contribution in [0.25, 0.3) is 11.5 Å². The number of anilines is 2. The van der Waals surface area contributed by atoms with Gasteiger partial charge in [-0.05, 0) is 42.5 Å². The van der Waals surface area contributed by atoms with Gasteiger partial charge in [-0.3, -0.25) is 4.79 Å². The van der Waals surface area contributed by atoms with Crippen LogP contribution in [0.15, 0.2) is 73.1 Å². The van der Waals surface area contributed by atoms with E-state index in [0.29, 0.717) is 28.4 Å². The Balaban J connectivity index is 1.76. The summed E-state index contributed by atoms with van der Waals surface area (Å²) in [5.41, 5.74) is 1.80. The predicted octanol–water partition coefficient (Wildman–Crippen LogP) is 3.77. The van der Waals surface area contributed by atoms with E-state index in [1.807, 2.05) is 6.07 Å².